The van der Waals surface area contributed by atoms with E-state index in [0.717, 1.165) is 12.8 Å². The third-order valence-electron chi connectivity index (χ3n) is 2.12. The van der Waals surface area contributed by atoms with E-state index in [2.05, 4.69) is 6.92 Å². The van der Waals surface area contributed by atoms with Gasteiger partial charge in [-0.25, -0.2) is 0 Å². The quantitative estimate of drug-likeness (QED) is 0.446. The molecule has 0 unspecified atom stereocenters. The minimum absolute atomic E-state index is 0.0639. The number of rotatable bonds is 8. The average Bonchev–Trinajstić information content (AvgIpc) is 2.09. The highest BCUT2D eigenvalue weighted by molar-refractivity contribution is 6.27. The minimum atomic E-state index is -0.0639. The topological polar surface area (TPSA) is 20.2 Å². The van der Waals surface area contributed by atoms with Crippen LogP contribution in [0, 0.1) is 0 Å². The lowest BCUT2D eigenvalue weighted by Gasteiger charge is -1.98. The van der Waals surface area contributed by atoms with Crippen molar-refractivity contribution in [2.24, 2.45) is 0 Å². The Morgan fingerprint density at radius 2 is 1.62 bits per heavy atom. The Morgan fingerprint density at radius 3 is 2.15 bits per heavy atom. The van der Waals surface area contributed by atoms with E-state index in [1.165, 1.54) is 38.5 Å². The summed E-state index contributed by atoms with van der Waals surface area (Å²) in [5.74, 6) is 0. The van der Waals surface area contributed by atoms with Crippen molar-refractivity contribution >= 4 is 11.6 Å². The molecule has 0 heterocycles. The fourth-order valence-corrected chi connectivity index (χ4v) is 1.43. The fraction of sp³-hybridized carbons (Fsp3) is 0.818. The lowest BCUT2D eigenvalue weighted by Crippen LogP contribution is -1.79. The van der Waals surface area contributed by atoms with Crippen LogP contribution in [0.15, 0.2) is 11.3 Å². The number of aliphatic hydroxyl groups excluding tert-OH is 1. The van der Waals surface area contributed by atoms with E-state index >= 15 is 0 Å². The normalized spacial score (nSPS) is 12.0. The van der Waals surface area contributed by atoms with Crippen LogP contribution in [0.25, 0.3) is 0 Å². The summed E-state index contributed by atoms with van der Waals surface area (Å²) < 4.78 is 0. The molecule has 78 valence electrons. The molecule has 0 radical (unpaired) electrons. The highest BCUT2D eigenvalue weighted by Crippen LogP contribution is 2.09. The molecule has 0 saturated carbocycles. The molecule has 0 fully saturated rings. The van der Waals surface area contributed by atoms with Crippen molar-refractivity contribution in [2.75, 3.05) is 0 Å². The molecule has 0 bridgehead atoms. The second kappa shape index (κ2) is 9.91. The Bertz CT molecular complexity index is 128. The predicted molar refractivity (Wildman–Crippen MR) is 59.2 cm³/mol. The van der Waals surface area contributed by atoms with Gasteiger partial charge in [0, 0.05) is 0 Å². The first-order chi connectivity index (χ1) is 6.27. The molecule has 0 saturated heterocycles. The number of unbranched alkanes of at least 4 members (excludes halogenated alkanes) is 7. The van der Waals surface area contributed by atoms with E-state index < -0.39 is 0 Å². The van der Waals surface area contributed by atoms with Crippen molar-refractivity contribution in [3.63, 3.8) is 0 Å². The van der Waals surface area contributed by atoms with Crippen LogP contribution in [0.1, 0.15) is 58.3 Å². The maximum absolute atomic E-state index is 8.65. The zero-order valence-corrected chi connectivity index (χ0v) is 9.32. The number of halogens is 1. The molecule has 0 aromatic heterocycles. The Hall–Kier alpha value is -0.170. The van der Waals surface area contributed by atoms with Crippen molar-refractivity contribution in [3.05, 3.63) is 11.3 Å². The summed E-state index contributed by atoms with van der Waals surface area (Å²) in [4.78, 5) is 0. The van der Waals surface area contributed by atoms with Gasteiger partial charge in [-0.05, 0) is 30.5 Å². The third-order valence-corrected chi connectivity index (χ3v) is 2.27. The molecule has 0 aliphatic carbocycles. The van der Waals surface area contributed by atoms with Crippen molar-refractivity contribution in [3.8, 4) is 0 Å². The molecule has 0 amide bonds. The van der Waals surface area contributed by atoms with Crippen LogP contribution in [0.4, 0.5) is 0 Å². The zero-order chi connectivity index (χ0) is 9.94. The van der Waals surface area contributed by atoms with Crippen LogP contribution >= 0.6 is 11.6 Å². The van der Waals surface area contributed by atoms with Crippen LogP contribution in [-0.2, 0) is 0 Å². The Labute approximate surface area is 86.8 Å². The van der Waals surface area contributed by atoms with Gasteiger partial charge in [-0.2, -0.15) is 0 Å². The van der Waals surface area contributed by atoms with Gasteiger partial charge in [0.1, 0.15) is 0 Å². The van der Waals surface area contributed by atoms with E-state index in [1.54, 1.807) is 6.08 Å². The van der Waals surface area contributed by atoms with E-state index in [9.17, 15) is 0 Å². The summed E-state index contributed by atoms with van der Waals surface area (Å²) in [6, 6.07) is 0. The van der Waals surface area contributed by atoms with E-state index in [0.29, 0.717) is 0 Å². The summed E-state index contributed by atoms with van der Waals surface area (Å²) in [5.41, 5.74) is 0. The molecule has 0 atom stereocenters. The van der Waals surface area contributed by atoms with Crippen molar-refractivity contribution in [1.82, 2.24) is 0 Å². The van der Waals surface area contributed by atoms with E-state index in [4.69, 9.17) is 16.7 Å². The van der Waals surface area contributed by atoms with Gasteiger partial charge >= 0.3 is 0 Å². The first-order valence-corrected chi connectivity index (χ1v) is 5.69. The number of hydrogen-bond acceptors (Lipinski definition) is 1. The van der Waals surface area contributed by atoms with Crippen molar-refractivity contribution in [1.29, 1.82) is 0 Å². The highest BCUT2D eigenvalue weighted by atomic mass is 35.5. The van der Waals surface area contributed by atoms with Gasteiger partial charge in [0.25, 0.3) is 0 Å². The van der Waals surface area contributed by atoms with Crippen LogP contribution in [0.2, 0.25) is 0 Å². The molecule has 1 N–H and O–H groups in total. The molecule has 0 aliphatic heterocycles. The Kier molecular flexibility index (Phi) is 9.78. The standard InChI is InChI=1S/C11H21ClO/c1-2-3-4-5-6-7-8-9-10-11(12)13/h10,13H,2-9H2,1H3/b11-10+. The van der Waals surface area contributed by atoms with Crippen LogP contribution in [0.3, 0.4) is 0 Å². The Balaban J connectivity index is 2.96. The SMILES string of the molecule is CCCCCCCCC/C=C(/O)Cl. The maximum atomic E-state index is 8.65. The molecule has 0 aromatic carbocycles. The number of aliphatic hydroxyl groups is 1. The molecular formula is C11H21ClO. The highest BCUT2D eigenvalue weighted by Gasteiger charge is 1.90. The Morgan fingerprint density at radius 1 is 1.08 bits per heavy atom. The van der Waals surface area contributed by atoms with E-state index in [1.807, 2.05) is 0 Å². The number of hydrogen-bond donors (Lipinski definition) is 1. The van der Waals surface area contributed by atoms with Gasteiger partial charge in [-0.3, -0.25) is 0 Å². The molecule has 2 heteroatoms. The van der Waals surface area contributed by atoms with Crippen molar-refractivity contribution < 1.29 is 5.11 Å². The van der Waals surface area contributed by atoms with Gasteiger partial charge in [0.2, 0.25) is 0 Å². The van der Waals surface area contributed by atoms with Crippen LogP contribution in [0.5, 0.6) is 0 Å². The summed E-state index contributed by atoms with van der Waals surface area (Å²) in [6.07, 6.45) is 11.7. The van der Waals surface area contributed by atoms with Crippen molar-refractivity contribution in [2.45, 2.75) is 58.3 Å². The lowest BCUT2D eigenvalue weighted by atomic mass is 10.1. The zero-order valence-electron chi connectivity index (χ0n) is 8.56. The van der Waals surface area contributed by atoms with Crippen LogP contribution < -0.4 is 0 Å². The van der Waals surface area contributed by atoms with Gasteiger partial charge in [-0.1, -0.05) is 45.4 Å². The molecule has 0 aromatic rings. The molecule has 0 rings (SSSR count). The summed E-state index contributed by atoms with van der Waals surface area (Å²) in [7, 11) is 0. The summed E-state index contributed by atoms with van der Waals surface area (Å²) in [5, 5.41) is 8.59. The smallest absolute Gasteiger partial charge is 0.180 e. The first-order valence-electron chi connectivity index (χ1n) is 5.32. The third kappa shape index (κ3) is 11.8. The second-order valence-electron chi connectivity index (χ2n) is 3.44. The monoisotopic (exact) mass is 204 g/mol. The van der Waals surface area contributed by atoms with Crippen LogP contribution in [-0.4, -0.2) is 5.11 Å². The molecule has 0 spiro atoms. The molecule has 0 aliphatic rings. The average molecular weight is 205 g/mol. The predicted octanol–water partition coefficient (Wildman–Crippen LogP) is 4.77. The molecule has 1 nitrogen and oxygen atoms in total. The largest absolute Gasteiger partial charge is 0.499 e. The second-order valence-corrected chi connectivity index (χ2v) is 3.82. The summed E-state index contributed by atoms with van der Waals surface area (Å²) >= 11 is 5.28. The number of allylic oxidation sites excluding steroid dienone is 1. The molecular weight excluding hydrogens is 184 g/mol. The fourth-order valence-electron chi connectivity index (χ4n) is 1.32. The maximum Gasteiger partial charge on any atom is 0.180 e. The van der Waals surface area contributed by atoms with Gasteiger partial charge in [-0.15, -0.1) is 0 Å². The minimum Gasteiger partial charge on any atom is -0.499 e. The lowest BCUT2D eigenvalue weighted by molar-refractivity contribution is 0.448. The first kappa shape index (κ1) is 12.8. The molecule has 13 heavy (non-hydrogen) atoms. The van der Waals surface area contributed by atoms with Gasteiger partial charge < -0.3 is 5.11 Å². The van der Waals surface area contributed by atoms with Gasteiger partial charge in [0.15, 0.2) is 5.22 Å². The summed E-state index contributed by atoms with van der Waals surface area (Å²) in [6.45, 7) is 2.23. The van der Waals surface area contributed by atoms with Gasteiger partial charge in [0.05, 0.1) is 0 Å². The van der Waals surface area contributed by atoms with E-state index in [-0.39, 0.29) is 5.22 Å².